The largest absolute Gasteiger partial charge is 0.362 e. The molecule has 2 rings (SSSR count). The molecule has 0 aliphatic rings. The summed E-state index contributed by atoms with van der Waals surface area (Å²) in [5.74, 6) is 0. The quantitative estimate of drug-likeness (QED) is 0.886. The third-order valence-electron chi connectivity index (χ3n) is 2.21. The maximum atomic E-state index is 5.98. The number of hydrogen-bond donors (Lipinski definition) is 1. The van der Waals surface area contributed by atoms with E-state index in [4.69, 9.17) is 11.6 Å². The van der Waals surface area contributed by atoms with Gasteiger partial charge in [-0.3, -0.25) is 0 Å². The molecule has 0 unspecified atom stereocenters. The van der Waals surface area contributed by atoms with Gasteiger partial charge in [-0.15, -0.1) is 0 Å². The number of anilines is 1. The normalized spacial score (nSPS) is 10.4. The van der Waals surface area contributed by atoms with Crippen LogP contribution in [-0.2, 0) is 0 Å². The van der Waals surface area contributed by atoms with Gasteiger partial charge in [-0.05, 0) is 31.5 Å². The average molecular weight is 253 g/mol. The van der Waals surface area contributed by atoms with Gasteiger partial charge in [0.25, 0.3) is 0 Å². The predicted molar refractivity (Wildman–Crippen MR) is 71.5 cm³/mol. The Morgan fingerprint density at radius 1 is 1.44 bits per heavy atom. The Morgan fingerprint density at radius 2 is 2.25 bits per heavy atom. The second-order valence-corrected chi connectivity index (χ2v) is 4.91. The highest BCUT2D eigenvalue weighted by atomic mass is 35.5. The molecule has 0 aliphatic carbocycles. The summed E-state index contributed by atoms with van der Waals surface area (Å²) in [7, 11) is 0. The lowest BCUT2D eigenvalue weighted by atomic mass is 10.2. The SMILES string of the molecule is CCNc1nc(C)c(-c2cccc(Cl)c2)s1. The van der Waals surface area contributed by atoms with E-state index < -0.39 is 0 Å². The zero-order valence-corrected chi connectivity index (χ0v) is 10.8. The van der Waals surface area contributed by atoms with E-state index in [0.717, 1.165) is 28.0 Å². The van der Waals surface area contributed by atoms with Crippen LogP contribution in [0.15, 0.2) is 24.3 Å². The van der Waals surface area contributed by atoms with Crippen LogP contribution in [0.5, 0.6) is 0 Å². The zero-order chi connectivity index (χ0) is 11.5. The van der Waals surface area contributed by atoms with Crippen LogP contribution in [-0.4, -0.2) is 11.5 Å². The van der Waals surface area contributed by atoms with E-state index >= 15 is 0 Å². The average Bonchev–Trinajstić information content (AvgIpc) is 2.60. The van der Waals surface area contributed by atoms with Crippen LogP contribution in [0.1, 0.15) is 12.6 Å². The van der Waals surface area contributed by atoms with Crippen molar-refractivity contribution in [2.24, 2.45) is 0 Å². The van der Waals surface area contributed by atoms with Gasteiger partial charge in [0, 0.05) is 11.6 Å². The van der Waals surface area contributed by atoms with Crippen molar-refractivity contribution >= 4 is 28.1 Å². The second-order valence-electron chi connectivity index (χ2n) is 3.47. The molecule has 2 aromatic rings. The topological polar surface area (TPSA) is 24.9 Å². The molecular weight excluding hydrogens is 240 g/mol. The first kappa shape index (κ1) is 11.4. The Bertz CT molecular complexity index is 494. The Hall–Kier alpha value is -1.06. The number of aromatic nitrogens is 1. The Balaban J connectivity index is 2.40. The molecule has 0 saturated carbocycles. The highest BCUT2D eigenvalue weighted by molar-refractivity contribution is 7.19. The lowest BCUT2D eigenvalue weighted by molar-refractivity contribution is 1.17. The molecule has 0 spiro atoms. The van der Waals surface area contributed by atoms with Crippen molar-refractivity contribution in [2.45, 2.75) is 13.8 Å². The van der Waals surface area contributed by atoms with E-state index in [2.05, 4.69) is 23.3 Å². The lowest BCUT2D eigenvalue weighted by Gasteiger charge is -1.98. The minimum Gasteiger partial charge on any atom is -0.362 e. The van der Waals surface area contributed by atoms with Crippen molar-refractivity contribution in [1.29, 1.82) is 0 Å². The van der Waals surface area contributed by atoms with Gasteiger partial charge in [0.1, 0.15) is 0 Å². The first-order valence-electron chi connectivity index (χ1n) is 5.18. The van der Waals surface area contributed by atoms with Crippen LogP contribution in [0.25, 0.3) is 10.4 Å². The molecule has 16 heavy (non-hydrogen) atoms. The zero-order valence-electron chi connectivity index (χ0n) is 9.25. The first-order valence-corrected chi connectivity index (χ1v) is 6.37. The summed E-state index contributed by atoms with van der Waals surface area (Å²) in [6.07, 6.45) is 0. The lowest BCUT2D eigenvalue weighted by Crippen LogP contribution is -1.94. The van der Waals surface area contributed by atoms with E-state index in [1.165, 1.54) is 4.88 Å². The van der Waals surface area contributed by atoms with Crippen molar-refractivity contribution in [3.63, 3.8) is 0 Å². The fraction of sp³-hybridized carbons (Fsp3) is 0.250. The highest BCUT2D eigenvalue weighted by Gasteiger charge is 2.09. The van der Waals surface area contributed by atoms with Gasteiger partial charge >= 0.3 is 0 Å². The monoisotopic (exact) mass is 252 g/mol. The third kappa shape index (κ3) is 2.36. The van der Waals surface area contributed by atoms with Crippen molar-refractivity contribution in [3.05, 3.63) is 35.0 Å². The number of nitrogens with one attached hydrogen (secondary N) is 1. The molecule has 0 bridgehead atoms. The summed E-state index contributed by atoms with van der Waals surface area (Å²) >= 11 is 7.65. The van der Waals surface area contributed by atoms with Crippen molar-refractivity contribution < 1.29 is 0 Å². The summed E-state index contributed by atoms with van der Waals surface area (Å²) in [5, 5.41) is 4.95. The standard InChI is InChI=1S/C12H13ClN2S/c1-3-14-12-15-8(2)11(16-12)9-5-4-6-10(13)7-9/h4-7H,3H2,1-2H3,(H,14,15). The van der Waals surface area contributed by atoms with E-state index in [1.807, 2.05) is 25.1 Å². The van der Waals surface area contributed by atoms with E-state index in [9.17, 15) is 0 Å². The Morgan fingerprint density at radius 3 is 2.94 bits per heavy atom. The van der Waals surface area contributed by atoms with Crippen LogP contribution in [0, 0.1) is 6.92 Å². The molecule has 0 fully saturated rings. The van der Waals surface area contributed by atoms with E-state index in [0.29, 0.717) is 0 Å². The molecule has 84 valence electrons. The minimum atomic E-state index is 0.760. The van der Waals surface area contributed by atoms with Gasteiger partial charge in [0.05, 0.1) is 10.6 Å². The fourth-order valence-corrected chi connectivity index (χ4v) is 2.74. The van der Waals surface area contributed by atoms with Crippen LogP contribution in [0.3, 0.4) is 0 Å². The van der Waals surface area contributed by atoms with Crippen LogP contribution >= 0.6 is 22.9 Å². The second kappa shape index (κ2) is 4.85. The van der Waals surface area contributed by atoms with Gasteiger partial charge in [-0.25, -0.2) is 4.98 Å². The van der Waals surface area contributed by atoms with E-state index in [1.54, 1.807) is 11.3 Å². The number of benzene rings is 1. The van der Waals surface area contributed by atoms with Crippen molar-refractivity contribution in [2.75, 3.05) is 11.9 Å². The molecule has 2 nitrogen and oxygen atoms in total. The molecule has 0 aliphatic heterocycles. The Kier molecular flexibility index (Phi) is 3.46. The number of rotatable bonds is 3. The third-order valence-corrected chi connectivity index (χ3v) is 3.61. The van der Waals surface area contributed by atoms with Gasteiger partial charge < -0.3 is 5.32 Å². The molecule has 1 aromatic heterocycles. The van der Waals surface area contributed by atoms with E-state index in [-0.39, 0.29) is 0 Å². The number of thiazole rings is 1. The number of hydrogen-bond acceptors (Lipinski definition) is 3. The molecule has 0 atom stereocenters. The summed E-state index contributed by atoms with van der Waals surface area (Å²) in [5.41, 5.74) is 2.18. The number of halogens is 1. The molecule has 1 heterocycles. The van der Waals surface area contributed by atoms with Gasteiger partial charge in [0.2, 0.25) is 0 Å². The van der Waals surface area contributed by atoms with Crippen LogP contribution in [0.2, 0.25) is 5.02 Å². The first-order chi connectivity index (χ1) is 7.70. The number of aryl methyl sites for hydroxylation is 1. The van der Waals surface area contributed by atoms with Gasteiger partial charge in [-0.1, -0.05) is 35.1 Å². The fourth-order valence-electron chi connectivity index (χ4n) is 1.52. The summed E-state index contributed by atoms with van der Waals surface area (Å²) in [6, 6.07) is 7.87. The molecule has 1 N–H and O–H groups in total. The maximum absolute atomic E-state index is 5.98. The summed E-state index contributed by atoms with van der Waals surface area (Å²) in [6.45, 7) is 4.98. The molecule has 0 radical (unpaired) electrons. The molecule has 0 amide bonds. The van der Waals surface area contributed by atoms with Crippen LogP contribution < -0.4 is 5.32 Å². The van der Waals surface area contributed by atoms with Gasteiger partial charge in [-0.2, -0.15) is 0 Å². The summed E-state index contributed by atoms with van der Waals surface area (Å²) in [4.78, 5) is 5.65. The summed E-state index contributed by atoms with van der Waals surface area (Å²) < 4.78 is 0. The minimum absolute atomic E-state index is 0.760. The molecule has 0 saturated heterocycles. The molecular formula is C12H13ClN2S. The molecule has 1 aromatic carbocycles. The number of nitrogens with zero attached hydrogens (tertiary/aromatic N) is 1. The predicted octanol–water partition coefficient (Wildman–Crippen LogP) is 4.20. The highest BCUT2D eigenvalue weighted by Crippen LogP contribution is 2.33. The van der Waals surface area contributed by atoms with Gasteiger partial charge in [0.15, 0.2) is 5.13 Å². The van der Waals surface area contributed by atoms with Crippen molar-refractivity contribution in [3.8, 4) is 10.4 Å². The smallest absolute Gasteiger partial charge is 0.183 e. The Labute approximate surface area is 104 Å². The molecule has 4 heteroatoms. The maximum Gasteiger partial charge on any atom is 0.183 e. The van der Waals surface area contributed by atoms with Crippen LogP contribution in [0.4, 0.5) is 5.13 Å². The van der Waals surface area contributed by atoms with Crippen molar-refractivity contribution in [1.82, 2.24) is 4.98 Å².